The molecule has 1 heterocycles. The standard InChI is InChI=1S/C16H14BNO3/c19-17(20)14-8-1-2-9-15(14)21-11-13-6-3-5-12-7-4-10-18-16(12)13/h1-10,19-20H,11H2. The summed E-state index contributed by atoms with van der Waals surface area (Å²) >= 11 is 0. The summed E-state index contributed by atoms with van der Waals surface area (Å²) in [4.78, 5) is 4.37. The lowest BCUT2D eigenvalue weighted by Crippen LogP contribution is -2.31. The van der Waals surface area contributed by atoms with E-state index < -0.39 is 7.12 Å². The van der Waals surface area contributed by atoms with Gasteiger partial charge in [0.1, 0.15) is 12.4 Å². The summed E-state index contributed by atoms with van der Waals surface area (Å²) in [5.74, 6) is 0.459. The molecule has 3 aromatic rings. The van der Waals surface area contributed by atoms with Crippen molar-refractivity contribution in [1.82, 2.24) is 4.98 Å². The van der Waals surface area contributed by atoms with Gasteiger partial charge in [-0.3, -0.25) is 4.98 Å². The summed E-state index contributed by atoms with van der Waals surface area (Å²) < 4.78 is 5.73. The van der Waals surface area contributed by atoms with Crippen LogP contribution in [0.5, 0.6) is 5.75 Å². The number of rotatable bonds is 4. The first-order valence-electron chi connectivity index (χ1n) is 6.66. The van der Waals surface area contributed by atoms with Crippen molar-refractivity contribution < 1.29 is 14.8 Å². The van der Waals surface area contributed by atoms with Crippen molar-refractivity contribution in [2.24, 2.45) is 0 Å². The van der Waals surface area contributed by atoms with Crippen molar-refractivity contribution in [3.63, 3.8) is 0 Å². The van der Waals surface area contributed by atoms with Crippen LogP contribution in [0.4, 0.5) is 0 Å². The Balaban J connectivity index is 1.87. The monoisotopic (exact) mass is 279 g/mol. The van der Waals surface area contributed by atoms with Crippen LogP contribution in [0.25, 0.3) is 10.9 Å². The molecule has 0 saturated carbocycles. The van der Waals surface area contributed by atoms with Gasteiger partial charge in [-0.05, 0) is 12.1 Å². The SMILES string of the molecule is OB(O)c1ccccc1OCc1cccc2cccnc12. The number of benzene rings is 2. The van der Waals surface area contributed by atoms with Gasteiger partial charge in [0.05, 0.1) is 5.52 Å². The lowest BCUT2D eigenvalue weighted by atomic mass is 9.79. The first-order valence-corrected chi connectivity index (χ1v) is 6.66. The van der Waals surface area contributed by atoms with E-state index in [0.29, 0.717) is 17.8 Å². The maximum atomic E-state index is 9.34. The highest BCUT2D eigenvalue weighted by atomic mass is 16.5. The molecule has 0 aliphatic rings. The fourth-order valence-electron chi connectivity index (χ4n) is 2.26. The average molecular weight is 279 g/mol. The predicted molar refractivity (Wildman–Crippen MR) is 82.3 cm³/mol. The first kappa shape index (κ1) is 13.6. The molecule has 0 radical (unpaired) electrons. The van der Waals surface area contributed by atoms with Crippen LogP contribution in [0.2, 0.25) is 0 Å². The van der Waals surface area contributed by atoms with Gasteiger partial charge in [-0.2, -0.15) is 0 Å². The highest BCUT2D eigenvalue weighted by Crippen LogP contribution is 2.18. The number of hydrogen-bond donors (Lipinski definition) is 2. The van der Waals surface area contributed by atoms with E-state index in [1.807, 2.05) is 30.3 Å². The molecule has 0 atom stereocenters. The Morgan fingerprint density at radius 2 is 1.76 bits per heavy atom. The third-order valence-corrected chi connectivity index (χ3v) is 3.30. The second kappa shape index (κ2) is 5.95. The molecule has 0 aliphatic heterocycles. The van der Waals surface area contributed by atoms with E-state index in [0.717, 1.165) is 16.5 Å². The van der Waals surface area contributed by atoms with Gasteiger partial charge >= 0.3 is 7.12 Å². The molecule has 0 aliphatic carbocycles. The Kier molecular flexibility index (Phi) is 3.86. The molecule has 4 nitrogen and oxygen atoms in total. The van der Waals surface area contributed by atoms with Gasteiger partial charge in [0.2, 0.25) is 0 Å². The van der Waals surface area contributed by atoms with Crippen LogP contribution in [-0.4, -0.2) is 22.2 Å². The van der Waals surface area contributed by atoms with Gasteiger partial charge in [0.15, 0.2) is 0 Å². The molecular weight excluding hydrogens is 265 g/mol. The van der Waals surface area contributed by atoms with Gasteiger partial charge in [0.25, 0.3) is 0 Å². The van der Waals surface area contributed by atoms with Crippen LogP contribution < -0.4 is 10.2 Å². The largest absolute Gasteiger partial charge is 0.492 e. The van der Waals surface area contributed by atoms with Gasteiger partial charge in [-0.25, -0.2) is 0 Å². The fourth-order valence-corrected chi connectivity index (χ4v) is 2.26. The molecular formula is C16H14BNO3. The topological polar surface area (TPSA) is 62.6 Å². The summed E-state index contributed by atoms with van der Waals surface area (Å²) in [6.45, 7) is 0.318. The van der Waals surface area contributed by atoms with E-state index in [1.54, 1.807) is 30.5 Å². The molecule has 0 saturated heterocycles. The molecule has 0 fully saturated rings. The van der Waals surface area contributed by atoms with Crippen LogP contribution in [0.15, 0.2) is 60.8 Å². The van der Waals surface area contributed by atoms with Crippen LogP contribution in [0.1, 0.15) is 5.56 Å². The zero-order valence-corrected chi connectivity index (χ0v) is 11.3. The van der Waals surface area contributed by atoms with E-state index in [2.05, 4.69) is 4.98 Å². The Hall–Kier alpha value is -2.37. The van der Waals surface area contributed by atoms with Gasteiger partial charge in [0, 0.05) is 22.6 Å². The number of fused-ring (bicyclic) bond motifs is 1. The molecule has 0 spiro atoms. The lowest BCUT2D eigenvalue weighted by Gasteiger charge is -2.12. The molecule has 0 amide bonds. The van der Waals surface area contributed by atoms with Crippen molar-refractivity contribution in [3.05, 3.63) is 66.4 Å². The van der Waals surface area contributed by atoms with E-state index in [1.165, 1.54) is 0 Å². The van der Waals surface area contributed by atoms with Crippen molar-refractivity contribution in [2.45, 2.75) is 6.61 Å². The molecule has 0 unspecified atom stereocenters. The van der Waals surface area contributed by atoms with Crippen molar-refractivity contribution in [3.8, 4) is 5.75 Å². The van der Waals surface area contributed by atoms with E-state index in [-0.39, 0.29) is 0 Å². The second-order valence-electron chi connectivity index (χ2n) is 4.69. The Morgan fingerprint density at radius 3 is 2.62 bits per heavy atom. The second-order valence-corrected chi connectivity index (χ2v) is 4.69. The number of pyridine rings is 1. The minimum atomic E-state index is -1.55. The normalized spacial score (nSPS) is 10.6. The molecule has 21 heavy (non-hydrogen) atoms. The molecule has 0 bridgehead atoms. The van der Waals surface area contributed by atoms with Gasteiger partial charge in [-0.1, -0.05) is 42.5 Å². The summed E-state index contributed by atoms with van der Waals surface area (Å²) in [7, 11) is -1.55. The summed E-state index contributed by atoms with van der Waals surface area (Å²) in [6, 6.07) is 16.7. The van der Waals surface area contributed by atoms with Crippen LogP contribution in [-0.2, 0) is 6.61 Å². The molecule has 3 rings (SSSR count). The number of ether oxygens (including phenoxy) is 1. The average Bonchev–Trinajstić information content (AvgIpc) is 2.53. The Morgan fingerprint density at radius 1 is 0.952 bits per heavy atom. The highest BCUT2D eigenvalue weighted by Gasteiger charge is 2.16. The maximum absolute atomic E-state index is 9.34. The molecule has 5 heteroatoms. The Labute approximate surface area is 122 Å². The quantitative estimate of drug-likeness (QED) is 0.710. The molecule has 2 aromatic carbocycles. The third-order valence-electron chi connectivity index (χ3n) is 3.30. The predicted octanol–water partition coefficient (Wildman–Crippen LogP) is 1.49. The summed E-state index contributed by atoms with van der Waals surface area (Å²) in [5.41, 5.74) is 2.20. The van der Waals surface area contributed by atoms with Crippen molar-refractivity contribution >= 4 is 23.5 Å². The van der Waals surface area contributed by atoms with Crippen LogP contribution in [0.3, 0.4) is 0 Å². The summed E-state index contributed by atoms with van der Waals surface area (Å²) in [6.07, 6.45) is 1.75. The minimum Gasteiger partial charge on any atom is -0.489 e. The third kappa shape index (κ3) is 2.89. The van der Waals surface area contributed by atoms with Crippen molar-refractivity contribution in [2.75, 3.05) is 0 Å². The first-order chi connectivity index (χ1) is 10.3. The molecule has 104 valence electrons. The zero-order chi connectivity index (χ0) is 14.7. The van der Waals surface area contributed by atoms with Gasteiger partial charge in [-0.15, -0.1) is 0 Å². The van der Waals surface area contributed by atoms with Crippen LogP contribution >= 0.6 is 0 Å². The number of hydrogen-bond acceptors (Lipinski definition) is 4. The summed E-state index contributed by atoms with van der Waals surface area (Å²) in [5, 5.41) is 19.7. The van der Waals surface area contributed by atoms with E-state index >= 15 is 0 Å². The molecule has 1 aromatic heterocycles. The smallest absolute Gasteiger partial charge is 0.489 e. The van der Waals surface area contributed by atoms with Gasteiger partial charge < -0.3 is 14.8 Å². The van der Waals surface area contributed by atoms with E-state index in [4.69, 9.17) is 4.74 Å². The maximum Gasteiger partial charge on any atom is 0.492 e. The lowest BCUT2D eigenvalue weighted by molar-refractivity contribution is 0.308. The number of aromatic nitrogens is 1. The fraction of sp³-hybridized carbons (Fsp3) is 0.0625. The van der Waals surface area contributed by atoms with E-state index in [9.17, 15) is 10.0 Å². The minimum absolute atomic E-state index is 0.318. The molecule has 2 N–H and O–H groups in total. The number of nitrogens with zero attached hydrogens (tertiary/aromatic N) is 1. The van der Waals surface area contributed by atoms with Crippen LogP contribution in [0, 0.1) is 0 Å². The van der Waals surface area contributed by atoms with Crippen molar-refractivity contribution in [1.29, 1.82) is 0 Å². The Bertz CT molecular complexity index is 756. The number of para-hydroxylation sites is 2. The zero-order valence-electron chi connectivity index (χ0n) is 11.3. The highest BCUT2D eigenvalue weighted by molar-refractivity contribution is 6.59.